The fourth-order valence-corrected chi connectivity index (χ4v) is 1.99. The zero-order valence-corrected chi connectivity index (χ0v) is 10.6. The highest BCUT2D eigenvalue weighted by molar-refractivity contribution is 6.27. The molecule has 1 N–H and O–H groups in total. The van der Waals surface area contributed by atoms with Crippen molar-refractivity contribution in [2.45, 2.75) is 38.6 Å². The molecule has 5 nitrogen and oxygen atoms in total. The van der Waals surface area contributed by atoms with Crippen molar-refractivity contribution >= 4 is 29.3 Å². The smallest absolute Gasteiger partial charge is 0.249 e. The summed E-state index contributed by atoms with van der Waals surface area (Å²) >= 11 is 5.53. The molecule has 6 heteroatoms. The van der Waals surface area contributed by atoms with Crippen molar-refractivity contribution in [3.8, 4) is 0 Å². The van der Waals surface area contributed by atoms with Gasteiger partial charge in [-0.3, -0.25) is 19.7 Å². The molecule has 1 atom stereocenters. The molecule has 1 heterocycles. The third-order valence-electron chi connectivity index (χ3n) is 2.77. The highest BCUT2D eigenvalue weighted by Gasteiger charge is 2.33. The van der Waals surface area contributed by atoms with E-state index in [9.17, 15) is 14.4 Å². The number of piperidine rings is 1. The Morgan fingerprint density at radius 2 is 2.24 bits per heavy atom. The van der Waals surface area contributed by atoms with Gasteiger partial charge in [-0.05, 0) is 12.8 Å². The third kappa shape index (κ3) is 3.70. The van der Waals surface area contributed by atoms with Crippen LogP contribution < -0.4 is 5.32 Å². The van der Waals surface area contributed by atoms with E-state index in [1.54, 1.807) is 0 Å². The van der Waals surface area contributed by atoms with Crippen molar-refractivity contribution in [2.24, 2.45) is 0 Å². The zero-order chi connectivity index (χ0) is 12.8. The minimum absolute atomic E-state index is 0.137. The van der Waals surface area contributed by atoms with Gasteiger partial charge >= 0.3 is 0 Å². The van der Waals surface area contributed by atoms with Crippen LogP contribution in [0.1, 0.15) is 32.6 Å². The number of carbonyl (C=O) groups excluding carboxylic acids is 3. The lowest BCUT2D eigenvalue weighted by Crippen LogP contribution is -2.54. The number of alkyl halides is 1. The Kier molecular flexibility index (Phi) is 5.41. The molecule has 0 spiro atoms. The van der Waals surface area contributed by atoms with Gasteiger partial charge in [-0.25, -0.2) is 0 Å². The number of halogens is 1. The van der Waals surface area contributed by atoms with Gasteiger partial charge in [-0.1, -0.05) is 13.3 Å². The van der Waals surface area contributed by atoms with Gasteiger partial charge in [-0.15, -0.1) is 11.6 Å². The molecule has 0 aromatic carbocycles. The summed E-state index contributed by atoms with van der Waals surface area (Å²) in [5, 5.41) is 2.25. The SMILES string of the molecule is CCCCN(C(=O)CCl)C1CCC(=O)NC1=O. The summed E-state index contributed by atoms with van der Waals surface area (Å²) in [4.78, 5) is 35.9. The molecule has 1 aliphatic heterocycles. The van der Waals surface area contributed by atoms with Crippen LogP contribution in [0, 0.1) is 0 Å². The summed E-state index contributed by atoms with van der Waals surface area (Å²) in [5.41, 5.74) is 0. The van der Waals surface area contributed by atoms with E-state index in [1.807, 2.05) is 6.92 Å². The van der Waals surface area contributed by atoms with E-state index >= 15 is 0 Å². The van der Waals surface area contributed by atoms with Crippen LogP contribution >= 0.6 is 11.6 Å². The summed E-state index contributed by atoms with van der Waals surface area (Å²) in [6.07, 6.45) is 2.41. The molecule has 0 saturated carbocycles. The van der Waals surface area contributed by atoms with Crippen molar-refractivity contribution in [1.29, 1.82) is 0 Å². The molecule has 1 saturated heterocycles. The van der Waals surface area contributed by atoms with Gasteiger partial charge in [0, 0.05) is 13.0 Å². The van der Waals surface area contributed by atoms with E-state index < -0.39 is 11.9 Å². The summed E-state index contributed by atoms with van der Waals surface area (Å²) in [7, 11) is 0. The maximum absolute atomic E-state index is 11.7. The Balaban J connectivity index is 2.71. The second-order valence-electron chi connectivity index (χ2n) is 4.04. The third-order valence-corrected chi connectivity index (χ3v) is 3.00. The molecule has 1 rings (SSSR count). The molecule has 1 unspecified atom stereocenters. The largest absolute Gasteiger partial charge is 0.330 e. The topological polar surface area (TPSA) is 66.5 Å². The minimum Gasteiger partial charge on any atom is -0.330 e. The second kappa shape index (κ2) is 6.59. The second-order valence-corrected chi connectivity index (χ2v) is 4.31. The number of amides is 3. The lowest BCUT2D eigenvalue weighted by Gasteiger charge is -2.32. The van der Waals surface area contributed by atoms with Crippen molar-refractivity contribution < 1.29 is 14.4 Å². The molecule has 0 aliphatic carbocycles. The molecule has 1 fully saturated rings. The van der Waals surface area contributed by atoms with Crippen molar-refractivity contribution in [2.75, 3.05) is 12.4 Å². The maximum atomic E-state index is 11.7. The first-order chi connectivity index (χ1) is 8.10. The molecule has 0 aromatic rings. The summed E-state index contributed by atoms with van der Waals surface area (Å²) in [6.45, 7) is 2.52. The van der Waals surface area contributed by atoms with Gasteiger partial charge in [-0.2, -0.15) is 0 Å². The van der Waals surface area contributed by atoms with Crippen molar-refractivity contribution in [1.82, 2.24) is 10.2 Å². The summed E-state index contributed by atoms with van der Waals surface area (Å²) in [6, 6.07) is -0.550. The Labute approximate surface area is 105 Å². The van der Waals surface area contributed by atoms with E-state index in [4.69, 9.17) is 11.6 Å². The number of carbonyl (C=O) groups is 3. The molecule has 17 heavy (non-hydrogen) atoms. The van der Waals surface area contributed by atoms with Gasteiger partial charge in [0.25, 0.3) is 0 Å². The molecular formula is C11H17ClN2O3. The van der Waals surface area contributed by atoms with Crippen LogP contribution in [0.2, 0.25) is 0 Å². The average molecular weight is 261 g/mol. The number of imide groups is 1. The van der Waals surface area contributed by atoms with Crippen LogP contribution in [-0.4, -0.2) is 41.1 Å². The van der Waals surface area contributed by atoms with Gasteiger partial charge in [0.15, 0.2) is 0 Å². The van der Waals surface area contributed by atoms with Crippen LogP contribution in [0.25, 0.3) is 0 Å². The van der Waals surface area contributed by atoms with E-state index in [0.29, 0.717) is 13.0 Å². The van der Waals surface area contributed by atoms with Crippen LogP contribution in [0.15, 0.2) is 0 Å². The Morgan fingerprint density at radius 3 is 2.76 bits per heavy atom. The number of nitrogens with one attached hydrogen (secondary N) is 1. The number of unbranched alkanes of at least 4 members (excludes halogenated alkanes) is 1. The fraction of sp³-hybridized carbons (Fsp3) is 0.727. The zero-order valence-electron chi connectivity index (χ0n) is 9.87. The molecule has 1 aliphatic rings. The quantitative estimate of drug-likeness (QED) is 0.583. The van der Waals surface area contributed by atoms with Gasteiger partial charge in [0.1, 0.15) is 11.9 Å². The highest BCUT2D eigenvalue weighted by atomic mass is 35.5. The van der Waals surface area contributed by atoms with Crippen molar-refractivity contribution in [3.63, 3.8) is 0 Å². The molecular weight excluding hydrogens is 244 g/mol. The first-order valence-electron chi connectivity index (χ1n) is 5.79. The van der Waals surface area contributed by atoms with Crippen LogP contribution in [0.4, 0.5) is 0 Å². The summed E-state index contributed by atoms with van der Waals surface area (Å²) in [5.74, 6) is -1.06. The van der Waals surface area contributed by atoms with E-state index in [-0.39, 0.29) is 24.1 Å². The van der Waals surface area contributed by atoms with Gasteiger partial charge < -0.3 is 4.90 Å². The average Bonchev–Trinajstić information content (AvgIpc) is 2.31. The Bertz CT molecular complexity index is 320. The molecule has 3 amide bonds. The molecule has 96 valence electrons. The molecule has 0 bridgehead atoms. The fourth-order valence-electron chi connectivity index (χ4n) is 1.84. The van der Waals surface area contributed by atoms with E-state index in [2.05, 4.69) is 5.32 Å². The number of hydrogen-bond donors (Lipinski definition) is 1. The monoisotopic (exact) mass is 260 g/mol. The highest BCUT2D eigenvalue weighted by Crippen LogP contribution is 2.14. The predicted molar refractivity (Wildman–Crippen MR) is 63.5 cm³/mol. The molecule has 0 aromatic heterocycles. The van der Waals surface area contributed by atoms with E-state index in [1.165, 1.54) is 4.90 Å². The van der Waals surface area contributed by atoms with E-state index in [0.717, 1.165) is 12.8 Å². The first kappa shape index (κ1) is 14.0. The Morgan fingerprint density at radius 1 is 1.53 bits per heavy atom. The minimum atomic E-state index is -0.550. The predicted octanol–water partition coefficient (Wildman–Crippen LogP) is 0.659. The van der Waals surface area contributed by atoms with Gasteiger partial charge in [0.2, 0.25) is 17.7 Å². The van der Waals surface area contributed by atoms with Crippen LogP contribution in [0.5, 0.6) is 0 Å². The van der Waals surface area contributed by atoms with Crippen molar-refractivity contribution in [3.05, 3.63) is 0 Å². The lowest BCUT2D eigenvalue weighted by molar-refractivity contribution is -0.144. The maximum Gasteiger partial charge on any atom is 0.249 e. The first-order valence-corrected chi connectivity index (χ1v) is 6.32. The Hall–Kier alpha value is -1.10. The number of rotatable bonds is 5. The number of nitrogens with zero attached hydrogens (tertiary/aromatic N) is 1. The standard InChI is InChI=1S/C11H17ClN2O3/c1-2-3-6-14(10(16)7-12)8-4-5-9(15)13-11(8)17/h8H,2-7H2,1H3,(H,13,15,17). The lowest BCUT2D eigenvalue weighted by atomic mass is 10.0. The van der Waals surface area contributed by atoms with Crippen LogP contribution in [0.3, 0.4) is 0 Å². The number of hydrogen-bond acceptors (Lipinski definition) is 3. The van der Waals surface area contributed by atoms with Crippen LogP contribution in [-0.2, 0) is 14.4 Å². The molecule has 0 radical (unpaired) electrons. The normalized spacial score (nSPS) is 20.0. The van der Waals surface area contributed by atoms with Gasteiger partial charge in [0.05, 0.1) is 0 Å². The summed E-state index contributed by atoms with van der Waals surface area (Å²) < 4.78 is 0.